The number of rotatable bonds is 1. The topological polar surface area (TPSA) is 61.1 Å². The molecule has 72 valence electrons. The maximum absolute atomic E-state index is 10.7. The molecular weight excluding hydrogens is 164 g/mol. The van der Waals surface area contributed by atoms with Crippen LogP contribution in [0.1, 0.15) is 22.3 Å². The Morgan fingerprint density at radius 1 is 0.923 bits per heavy atom. The van der Waals surface area contributed by atoms with Crippen LogP contribution in [-0.2, 0) is 0 Å². The van der Waals surface area contributed by atoms with Crippen molar-refractivity contribution in [3.63, 3.8) is 0 Å². The van der Waals surface area contributed by atoms with Gasteiger partial charge in [0.2, 0.25) is 0 Å². The highest BCUT2D eigenvalue weighted by Crippen LogP contribution is 2.31. The molecule has 1 rings (SSSR count). The molecule has 0 atom stereocenters. The van der Waals surface area contributed by atoms with E-state index in [1.165, 1.54) is 0 Å². The zero-order valence-electron chi connectivity index (χ0n) is 8.49. The Morgan fingerprint density at radius 3 is 1.62 bits per heavy atom. The van der Waals surface area contributed by atoms with Crippen molar-refractivity contribution < 1.29 is 0 Å². The van der Waals surface area contributed by atoms with Gasteiger partial charge in [0, 0.05) is 11.4 Å². The fourth-order valence-corrected chi connectivity index (χ4v) is 1.49. The summed E-state index contributed by atoms with van der Waals surface area (Å²) in [7, 11) is 0. The molecule has 0 bridgehead atoms. The first-order valence-electron chi connectivity index (χ1n) is 4.24. The SMILES string of the molecule is Cc1c(C)c(N[O-])c(C)c(C)c1N. The maximum atomic E-state index is 10.7. The molecule has 0 radical (unpaired) electrons. The molecule has 0 aliphatic carbocycles. The number of anilines is 2. The summed E-state index contributed by atoms with van der Waals surface area (Å²) >= 11 is 0. The highest BCUT2D eigenvalue weighted by Gasteiger charge is 2.09. The van der Waals surface area contributed by atoms with Crippen molar-refractivity contribution >= 4 is 11.4 Å². The molecule has 0 saturated heterocycles. The zero-order chi connectivity index (χ0) is 10.2. The molecule has 0 saturated carbocycles. The second-order valence-corrected chi connectivity index (χ2v) is 3.39. The summed E-state index contributed by atoms with van der Waals surface area (Å²) in [5.74, 6) is 0. The Bertz CT molecular complexity index is 316. The summed E-state index contributed by atoms with van der Waals surface area (Å²) in [4.78, 5) is 0. The lowest BCUT2D eigenvalue weighted by atomic mass is 9.96. The molecular formula is C10H15N2O-. The van der Waals surface area contributed by atoms with Crippen molar-refractivity contribution in [2.24, 2.45) is 0 Å². The van der Waals surface area contributed by atoms with Crippen molar-refractivity contribution in [3.8, 4) is 0 Å². The van der Waals surface area contributed by atoms with Gasteiger partial charge in [-0.05, 0) is 49.9 Å². The van der Waals surface area contributed by atoms with Gasteiger partial charge in [-0.3, -0.25) is 0 Å². The fraction of sp³-hybridized carbons (Fsp3) is 0.400. The van der Waals surface area contributed by atoms with Gasteiger partial charge in [0.25, 0.3) is 0 Å². The first-order valence-corrected chi connectivity index (χ1v) is 4.24. The fourth-order valence-electron chi connectivity index (χ4n) is 1.49. The van der Waals surface area contributed by atoms with E-state index in [-0.39, 0.29) is 0 Å². The molecule has 0 heterocycles. The number of benzene rings is 1. The van der Waals surface area contributed by atoms with Crippen LogP contribution in [0.15, 0.2) is 0 Å². The van der Waals surface area contributed by atoms with E-state index >= 15 is 0 Å². The summed E-state index contributed by atoms with van der Waals surface area (Å²) in [6.45, 7) is 7.66. The van der Waals surface area contributed by atoms with Gasteiger partial charge < -0.3 is 16.4 Å². The van der Waals surface area contributed by atoms with Crippen molar-refractivity contribution in [1.29, 1.82) is 0 Å². The van der Waals surface area contributed by atoms with Gasteiger partial charge in [0.1, 0.15) is 0 Å². The quantitative estimate of drug-likeness (QED) is 0.514. The Kier molecular flexibility index (Phi) is 2.48. The number of nitrogens with two attached hydrogens (primary N) is 1. The van der Waals surface area contributed by atoms with Crippen LogP contribution in [0.4, 0.5) is 11.4 Å². The molecule has 0 spiro atoms. The smallest absolute Gasteiger partial charge is 0.0380 e. The molecule has 0 unspecified atom stereocenters. The number of hydrogen-bond donors (Lipinski definition) is 2. The predicted molar refractivity (Wildman–Crippen MR) is 56.8 cm³/mol. The molecule has 1 aromatic carbocycles. The average Bonchev–Trinajstić information content (AvgIpc) is 2.13. The van der Waals surface area contributed by atoms with Crippen LogP contribution in [0, 0.1) is 32.9 Å². The van der Waals surface area contributed by atoms with Gasteiger partial charge in [-0.25, -0.2) is 0 Å². The molecule has 1 aromatic rings. The minimum Gasteiger partial charge on any atom is -0.761 e. The predicted octanol–water partition coefficient (Wildman–Crippen LogP) is 2.41. The van der Waals surface area contributed by atoms with Crippen molar-refractivity contribution in [2.75, 3.05) is 11.2 Å². The summed E-state index contributed by atoms with van der Waals surface area (Å²) in [6, 6.07) is 0. The van der Waals surface area contributed by atoms with E-state index in [2.05, 4.69) is 0 Å². The molecule has 0 aliphatic rings. The van der Waals surface area contributed by atoms with Crippen LogP contribution < -0.4 is 11.2 Å². The molecule has 13 heavy (non-hydrogen) atoms. The van der Waals surface area contributed by atoms with Gasteiger partial charge in [0.15, 0.2) is 0 Å². The lowest BCUT2D eigenvalue weighted by Gasteiger charge is -2.21. The Morgan fingerprint density at radius 2 is 1.31 bits per heavy atom. The van der Waals surface area contributed by atoms with Crippen LogP contribution >= 0.6 is 0 Å². The third kappa shape index (κ3) is 1.35. The van der Waals surface area contributed by atoms with Crippen molar-refractivity contribution in [3.05, 3.63) is 27.5 Å². The largest absolute Gasteiger partial charge is 0.761 e. The van der Waals surface area contributed by atoms with Crippen LogP contribution in [0.2, 0.25) is 0 Å². The Balaban J connectivity index is 3.56. The Hall–Kier alpha value is -1.22. The highest BCUT2D eigenvalue weighted by molar-refractivity contribution is 5.71. The summed E-state index contributed by atoms with van der Waals surface area (Å²) in [5.41, 5.74) is 13.1. The third-order valence-electron chi connectivity index (χ3n) is 2.79. The van der Waals surface area contributed by atoms with E-state index < -0.39 is 0 Å². The molecule has 0 aromatic heterocycles. The molecule has 0 amide bonds. The normalized spacial score (nSPS) is 10.2. The van der Waals surface area contributed by atoms with Gasteiger partial charge in [-0.1, -0.05) is 0 Å². The minimum absolute atomic E-state index is 0.657. The second-order valence-electron chi connectivity index (χ2n) is 3.39. The molecule has 0 fully saturated rings. The third-order valence-corrected chi connectivity index (χ3v) is 2.79. The van der Waals surface area contributed by atoms with E-state index in [1.807, 2.05) is 33.2 Å². The molecule has 3 nitrogen and oxygen atoms in total. The summed E-state index contributed by atoms with van der Waals surface area (Å²) in [6.07, 6.45) is 0. The first kappa shape index (κ1) is 9.86. The van der Waals surface area contributed by atoms with Gasteiger partial charge >= 0.3 is 0 Å². The van der Waals surface area contributed by atoms with E-state index in [0.717, 1.165) is 27.9 Å². The van der Waals surface area contributed by atoms with Crippen LogP contribution in [0.3, 0.4) is 0 Å². The average molecular weight is 179 g/mol. The van der Waals surface area contributed by atoms with Crippen LogP contribution in [0.25, 0.3) is 0 Å². The monoisotopic (exact) mass is 179 g/mol. The minimum atomic E-state index is 0.657. The summed E-state index contributed by atoms with van der Waals surface area (Å²) in [5, 5.41) is 10.7. The first-order chi connectivity index (χ1) is 6.00. The van der Waals surface area contributed by atoms with Gasteiger partial charge in [-0.2, -0.15) is 0 Å². The Labute approximate surface area is 78.5 Å². The van der Waals surface area contributed by atoms with Crippen LogP contribution in [0.5, 0.6) is 0 Å². The van der Waals surface area contributed by atoms with Crippen molar-refractivity contribution in [2.45, 2.75) is 27.7 Å². The molecule has 0 aliphatic heterocycles. The molecule has 3 N–H and O–H groups in total. The lowest BCUT2D eigenvalue weighted by molar-refractivity contribution is 1.24. The lowest BCUT2D eigenvalue weighted by Crippen LogP contribution is -2.03. The van der Waals surface area contributed by atoms with Gasteiger partial charge in [0.05, 0.1) is 0 Å². The second kappa shape index (κ2) is 3.26. The van der Waals surface area contributed by atoms with E-state index in [0.29, 0.717) is 5.69 Å². The maximum Gasteiger partial charge on any atom is 0.0380 e. The van der Waals surface area contributed by atoms with E-state index in [1.54, 1.807) is 0 Å². The summed E-state index contributed by atoms with van der Waals surface area (Å²) < 4.78 is 0. The van der Waals surface area contributed by atoms with Crippen molar-refractivity contribution in [1.82, 2.24) is 0 Å². The zero-order valence-corrected chi connectivity index (χ0v) is 8.49. The van der Waals surface area contributed by atoms with Gasteiger partial charge in [-0.15, -0.1) is 0 Å². The standard InChI is InChI=1S/C10H15N2O/c1-5-7(3)10(12-13)8(4)6(2)9(5)11/h12H,11H2,1-4H3/q-1. The number of nitrogens with one attached hydrogen (secondary N) is 1. The van der Waals surface area contributed by atoms with E-state index in [4.69, 9.17) is 5.73 Å². The highest BCUT2D eigenvalue weighted by atomic mass is 16.5. The molecule has 3 heteroatoms. The van der Waals surface area contributed by atoms with Crippen LogP contribution in [-0.4, -0.2) is 0 Å². The van der Waals surface area contributed by atoms with E-state index in [9.17, 15) is 5.21 Å². The number of nitrogen functional groups attached to an aromatic ring is 1. The number of hydrogen-bond acceptors (Lipinski definition) is 3.